The van der Waals surface area contributed by atoms with E-state index < -0.39 is 0 Å². The van der Waals surface area contributed by atoms with Crippen molar-refractivity contribution >= 4 is 11.3 Å². The minimum absolute atomic E-state index is 0.420. The van der Waals surface area contributed by atoms with E-state index in [-0.39, 0.29) is 0 Å². The first-order valence-electron chi connectivity index (χ1n) is 4.95. The van der Waals surface area contributed by atoms with Gasteiger partial charge in [-0.05, 0) is 24.7 Å². The Morgan fingerprint density at radius 2 is 2.36 bits per heavy atom. The van der Waals surface area contributed by atoms with E-state index in [1.54, 1.807) is 11.3 Å². The van der Waals surface area contributed by atoms with Gasteiger partial charge in [-0.3, -0.25) is 0 Å². The first-order chi connectivity index (χ1) is 6.61. The fourth-order valence-electron chi connectivity index (χ4n) is 1.89. The average Bonchev–Trinajstić information content (AvgIpc) is 2.45. The van der Waals surface area contributed by atoms with E-state index in [0.717, 1.165) is 17.8 Å². The summed E-state index contributed by atoms with van der Waals surface area (Å²) in [5, 5.41) is 9.60. The molecule has 1 aliphatic carbocycles. The molecule has 2 rings (SSSR count). The number of fused-ring (bicyclic) bond motifs is 1. The van der Waals surface area contributed by atoms with Crippen molar-refractivity contribution < 1.29 is 0 Å². The van der Waals surface area contributed by atoms with Gasteiger partial charge in [0.2, 0.25) is 0 Å². The summed E-state index contributed by atoms with van der Waals surface area (Å²) in [6, 6.07) is 2.16. The molecule has 0 bridgehead atoms. The number of hydrogen-bond donors (Lipinski definition) is 0. The largest absolute Gasteiger partial charge is 0.245 e. The van der Waals surface area contributed by atoms with Crippen molar-refractivity contribution in [2.75, 3.05) is 0 Å². The summed E-state index contributed by atoms with van der Waals surface area (Å²) in [6.07, 6.45) is 3.91. The molecule has 0 aliphatic heterocycles. The normalized spacial score (nSPS) is 18.6. The molecule has 3 heteroatoms. The second-order valence-corrected chi connectivity index (χ2v) is 5.82. The predicted octanol–water partition coefficient (Wildman–Crippen LogP) is 2.72. The maximum absolute atomic E-state index is 8.60. The van der Waals surface area contributed by atoms with Crippen LogP contribution in [0.5, 0.6) is 0 Å². The molecule has 0 N–H and O–H groups in total. The number of aromatic nitrogens is 1. The van der Waals surface area contributed by atoms with Gasteiger partial charge in [0.1, 0.15) is 5.01 Å². The Bertz CT molecular complexity index is 384. The van der Waals surface area contributed by atoms with E-state index in [0.29, 0.717) is 11.8 Å². The maximum Gasteiger partial charge on any atom is 0.107 e. The van der Waals surface area contributed by atoms with Gasteiger partial charge in [0.15, 0.2) is 0 Å². The second kappa shape index (κ2) is 3.36. The van der Waals surface area contributed by atoms with Gasteiger partial charge >= 0.3 is 0 Å². The summed E-state index contributed by atoms with van der Waals surface area (Å²) >= 11 is 1.73. The zero-order valence-electron chi connectivity index (χ0n) is 8.63. The molecular formula is C11H14N2S. The maximum atomic E-state index is 8.60. The van der Waals surface area contributed by atoms with Crippen LogP contribution < -0.4 is 0 Å². The van der Waals surface area contributed by atoms with Gasteiger partial charge in [0.25, 0.3) is 0 Å². The van der Waals surface area contributed by atoms with Crippen molar-refractivity contribution in [2.45, 2.75) is 39.5 Å². The molecule has 1 aliphatic rings. The Kier molecular flexibility index (Phi) is 2.32. The Hall–Kier alpha value is -0.880. The molecule has 0 saturated heterocycles. The fraction of sp³-hybridized carbons (Fsp3) is 0.636. The molecule has 0 amide bonds. The first kappa shape index (κ1) is 9.67. The minimum Gasteiger partial charge on any atom is -0.245 e. The van der Waals surface area contributed by atoms with Crippen LogP contribution in [0.1, 0.15) is 35.8 Å². The quantitative estimate of drug-likeness (QED) is 0.708. The van der Waals surface area contributed by atoms with Crippen LogP contribution in [0, 0.1) is 16.7 Å². The van der Waals surface area contributed by atoms with Crippen LogP contribution in [0.15, 0.2) is 0 Å². The van der Waals surface area contributed by atoms with Gasteiger partial charge in [-0.1, -0.05) is 13.8 Å². The summed E-state index contributed by atoms with van der Waals surface area (Å²) in [7, 11) is 0. The highest BCUT2D eigenvalue weighted by Crippen LogP contribution is 2.37. The number of nitrogens with zero attached hydrogens (tertiary/aromatic N) is 2. The molecule has 0 aromatic carbocycles. The second-order valence-electron chi connectivity index (χ2n) is 4.65. The van der Waals surface area contributed by atoms with Gasteiger partial charge in [-0.15, -0.1) is 11.3 Å². The van der Waals surface area contributed by atoms with Gasteiger partial charge in [0, 0.05) is 4.88 Å². The first-order valence-corrected chi connectivity index (χ1v) is 5.77. The van der Waals surface area contributed by atoms with E-state index in [4.69, 9.17) is 5.26 Å². The Balaban J connectivity index is 2.26. The lowest BCUT2D eigenvalue weighted by molar-refractivity contribution is 0.316. The molecule has 2 nitrogen and oxygen atoms in total. The van der Waals surface area contributed by atoms with Gasteiger partial charge in [0.05, 0.1) is 18.2 Å². The molecule has 0 spiro atoms. The van der Waals surface area contributed by atoms with Crippen LogP contribution in [0.2, 0.25) is 0 Å². The molecular weight excluding hydrogens is 192 g/mol. The molecule has 0 radical (unpaired) electrons. The van der Waals surface area contributed by atoms with Crippen molar-refractivity contribution in [3.8, 4) is 6.07 Å². The predicted molar refractivity (Wildman–Crippen MR) is 57.2 cm³/mol. The van der Waals surface area contributed by atoms with Crippen molar-refractivity contribution in [3.63, 3.8) is 0 Å². The smallest absolute Gasteiger partial charge is 0.107 e. The van der Waals surface area contributed by atoms with Crippen LogP contribution in [-0.4, -0.2) is 4.98 Å². The zero-order valence-corrected chi connectivity index (χ0v) is 9.45. The van der Waals surface area contributed by atoms with Crippen LogP contribution in [0.3, 0.4) is 0 Å². The SMILES string of the molecule is CC1(C)CCc2nc(CC#N)sc2C1. The number of thiazole rings is 1. The minimum atomic E-state index is 0.420. The summed E-state index contributed by atoms with van der Waals surface area (Å²) < 4.78 is 0. The lowest BCUT2D eigenvalue weighted by Crippen LogP contribution is -2.20. The lowest BCUT2D eigenvalue weighted by atomic mass is 9.79. The Labute approximate surface area is 88.6 Å². The molecule has 0 saturated carbocycles. The number of nitriles is 1. The van der Waals surface area contributed by atoms with E-state index in [1.165, 1.54) is 17.0 Å². The molecule has 1 aromatic rings. The highest BCUT2D eigenvalue weighted by molar-refractivity contribution is 7.11. The highest BCUT2D eigenvalue weighted by atomic mass is 32.1. The number of aryl methyl sites for hydroxylation is 1. The third kappa shape index (κ3) is 1.80. The van der Waals surface area contributed by atoms with Gasteiger partial charge < -0.3 is 0 Å². The summed E-state index contributed by atoms with van der Waals surface area (Å²) in [5.41, 5.74) is 1.67. The fourth-order valence-corrected chi connectivity index (χ4v) is 3.20. The summed E-state index contributed by atoms with van der Waals surface area (Å²) in [5.74, 6) is 0. The topological polar surface area (TPSA) is 36.7 Å². The van der Waals surface area contributed by atoms with E-state index >= 15 is 0 Å². The number of rotatable bonds is 1. The van der Waals surface area contributed by atoms with Gasteiger partial charge in [-0.25, -0.2) is 4.98 Å². The van der Waals surface area contributed by atoms with Crippen LogP contribution >= 0.6 is 11.3 Å². The molecule has 1 heterocycles. The third-order valence-electron chi connectivity index (χ3n) is 2.73. The molecule has 0 atom stereocenters. The van der Waals surface area contributed by atoms with Crippen molar-refractivity contribution in [2.24, 2.45) is 5.41 Å². The molecule has 74 valence electrons. The number of hydrogen-bond acceptors (Lipinski definition) is 3. The van der Waals surface area contributed by atoms with Crippen molar-refractivity contribution in [1.29, 1.82) is 5.26 Å². The molecule has 0 unspecified atom stereocenters. The zero-order chi connectivity index (χ0) is 10.2. The molecule has 14 heavy (non-hydrogen) atoms. The third-order valence-corrected chi connectivity index (χ3v) is 3.83. The van der Waals surface area contributed by atoms with Crippen LogP contribution in [-0.2, 0) is 19.3 Å². The Morgan fingerprint density at radius 3 is 3.07 bits per heavy atom. The average molecular weight is 206 g/mol. The molecule has 1 aromatic heterocycles. The van der Waals surface area contributed by atoms with Crippen molar-refractivity contribution in [3.05, 3.63) is 15.6 Å². The highest BCUT2D eigenvalue weighted by Gasteiger charge is 2.27. The standard InChI is InChI=1S/C11H14N2S/c1-11(2)5-3-8-9(7-11)14-10(13-8)4-6-12/h3-5,7H2,1-2H3. The molecule has 0 fully saturated rings. The van der Waals surface area contributed by atoms with Crippen molar-refractivity contribution in [1.82, 2.24) is 4.98 Å². The summed E-state index contributed by atoms with van der Waals surface area (Å²) in [4.78, 5) is 5.91. The lowest BCUT2D eigenvalue weighted by Gasteiger charge is -2.28. The van der Waals surface area contributed by atoms with Crippen LogP contribution in [0.4, 0.5) is 0 Å². The monoisotopic (exact) mass is 206 g/mol. The summed E-state index contributed by atoms with van der Waals surface area (Å²) in [6.45, 7) is 4.61. The van der Waals surface area contributed by atoms with E-state index in [1.807, 2.05) is 0 Å². The van der Waals surface area contributed by atoms with E-state index in [2.05, 4.69) is 24.9 Å². The van der Waals surface area contributed by atoms with Gasteiger partial charge in [-0.2, -0.15) is 5.26 Å². The Morgan fingerprint density at radius 1 is 1.57 bits per heavy atom. The van der Waals surface area contributed by atoms with Crippen LogP contribution in [0.25, 0.3) is 0 Å². The van der Waals surface area contributed by atoms with E-state index in [9.17, 15) is 0 Å².